The molecule has 0 fully saturated rings. The molecule has 0 aliphatic carbocycles. The number of ether oxygens (including phenoxy) is 2. The lowest BCUT2D eigenvalue weighted by Gasteiger charge is -2.22. The molecule has 0 spiro atoms. The van der Waals surface area contributed by atoms with Crippen LogP contribution in [-0.4, -0.2) is 54.4 Å². The Morgan fingerprint density at radius 2 is 1.56 bits per heavy atom. The third-order valence-electron chi connectivity index (χ3n) is 5.08. The van der Waals surface area contributed by atoms with Crippen LogP contribution in [0.1, 0.15) is 51.8 Å². The molecule has 2 aromatic carbocycles. The Morgan fingerprint density at radius 1 is 0.969 bits per heavy atom. The number of amides is 3. The predicted octanol–water partition coefficient (Wildman–Crippen LogP) is 2.68. The molecule has 8 nitrogen and oxygen atoms in total. The minimum absolute atomic E-state index is 0.0655. The SMILES string of the molecule is CCOc1ccccc1C(=O)N[C@@H](C(=O)OCCN1C(=O)c2ccccc2C1=O)C(C)C. The van der Waals surface area contributed by atoms with Crippen molar-refractivity contribution in [3.8, 4) is 5.75 Å². The second-order valence-corrected chi connectivity index (χ2v) is 7.60. The Kier molecular flexibility index (Phi) is 7.25. The summed E-state index contributed by atoms with van der Waals surface area (Å²) in [7, 11) is 0. The number of carbonyl (C=O) groups is 4. The van der Waals surface area contributed by atoms with Crippen LogP contribution in [0.5, 0.6) is 5.75 Å². The average molecular weight is 438 g/mol. The van der Waals surface area contributed by atoms with Gasteiger partial charge in [-0.1, -0.05) is 38.1 Å². The van der Waals surface area contributed by atoms with Gasteiger partial charge in [0.05, 0.1) is 29.8 Å². The van der Waals surface area contributed by atoms with Gasteiger partial charge in [0, 0.05) is 0 Å². The molecule has 0 bridgehead atoms. The fourth-order valence-corrected chi connectivity index (χ4v) is 3.42. The van der Waals surface area contributed by atoms with Crippen LogP contribution in [0.2, 0.25) is 0 Å². The number of nitrogens with zero attached hydrogens (tertiary/aromatic N) is 1. The predicted molar refractivity (Wildman–Crippen MR) is 116 cm³/mol. The van der Waals surface area contributed by atoms with Gasteiger partial charge in [0.15, 0.2) is 0 Å². The van der Waals surface area contributed by atoms with Crippen molar-refractivity contribution >= 4 is 23.7 Å². The molecule has 0 saturated heterocycles. The Balaban J connectivity index is 1.60. The Bertz CT molecular complexity index is 998. The first-order chi connectivity index (χ1) is 15.3. The number of benzene rings is 2. The number of hydrogen-bond donors (Lipinski definition) is 1. The quantitative estimate of drug-likeness (QED) is 0.477. The topological polar surface area (TPSA) is 102 Å². The second kappa shape index (κ2) is 10.1. The molecule has 8 heteroatoms. The molecule has 0 radical (unpaired) electrons. The lowest BCUT2D eigenvalue weighted by Crippen LogP contribution is -2.46. The van der Waals surface area contributed by atoms with E-state index in [9.17, 15) is 19.2 Å². The van der Waals surface area contributed by atoms with Crippen LogP contribution in [0, 0.1) is 5.92 Å². The highest BCUT2D eigenvalue weighted by molar-refractivity contribution is 6.21. The van der Waals surface area contributed by atoms with Gasteiger partial charge in [0.1, 0.15) is 18.4 Å². The van der Waals surface area contributed by atoms with Gasteiger partial charge in [-0.05, 0) is 37.1 Å². The van der Waals surface area contributed by atoms with E-state index in [2.05, 4.69) is 5.32 Å². The van der Waals surface area contributed by atoms with Crippen molar-refractivity contribution in [3.63, 3.8) is 0 Å². The maximum absolute atomic E-state index is 12.8. The summed E-state index contributed by atoms with van der Waals surface area (Å²) in [5.74, 6) is -1.74. The number of carbonyl (C=O) groups excluding carboxylic acids is 4. The number of rotatable bonds is 9. The number of esters is 1. The highest BCUT2D eigenvalue weighted by atomic mass is 16.5. The van der Waals surface area contributed by atoms with Gasteiger partial charge in [-0.2, -0.15) is 0 Å². The van der Waals surface area contributed by atoms with E-state index < -0.39 is 29.7 Å². The average Bonchev–Trinajstić information content (AvgIpc) is 3.02. The number of para-hydroxylation sites is 1. The van der Waals surface area contributed by atoms with E-state index in [0.717, 1.165) is 4.90 Å². The highest BCUT2D eigenvalue weighted by Crippen LogP contribution is 2.22. The maximum Gasteiger partial charge on any atom is 0.328 e. The van der Waals surface area contributed by atoms with Gasteiger partial charge >= 0.3 is 5.97 Å². The van der Waals surface area contributed by atoms with E-state index in [1.165, 1.54) is 0 Å². The molecular formula is C24H26N2O6. The molecule has 32 heavy (non-hydrogen) atoms. The third kappa shape index (κ3) is 4.80. The second-order valence-electron chi connectivity index (χ2n) is 7.60. The molecule has 1 heterocycles. The van der Waals surface area contributed by atoms with Crippen LogP contribution < -0.4 is 10.1 Å². The summed E-state index contributed by atoms with van der Waals surface area (Å²) in [4.78, 5) is 51.3. The molecule has 1 aliphatic rings. The number of fused-ring (bicyclic) bond motifs is 1. The van der Waals surface area contributed by atoms with Gasteiger partial charge < -0.3 is 14.8 Å². The molecule has 0 saturated carbocycles. The molecule has 1 atom stereocenters. The van der Waals surface area contributed by atoms with Gasteiger partial charge in [0.2, 0.25) is 0 Å². The third-order valence-corrected chi connectivity index (χ3v) is 5.08. The maximum atomic E-state index is 12.8. The zero-order chi connectivity index (χ0) is 23.3. The van der Waals surface area contributed by atoms with Crippen LogP contribution in [-0.2, 0) is 9.53 Å². The zero-order valence-electron chi connectivity index (χ0n) is 18.3. The molecule has 3 amide bonds. The smallest absolute Gasteiger partial charge is 0.328 e. The van der Waals surface area contributed by atoms with Crippen molar-refractivity contribution in [2.24, 2.45) is 5.92 Å². The molecule has 2 aromatic rings. The first-order valence-electron chi connectivity index (χ1n) is 10.5. The van der Waals surface area contributed by atoms with Crippen LogP contribution in [0.3, 0.4) is 0 Å². The van der Waals surface area contributed by atoms with Crippen LogP contribution in [0.15, 0.2) is 48.5 Å². The molecule has 0 unspecified atom stereocenters. The van der Waals surface area contributed by atoms with E-state index in [1.807, 2.05) is 6.92 Å². The summed E-state index contributed by atoms with van der Waals surface area (Å²) < 4.78 is 10.8. The Hall–Kier alpha value is -3.68. The first-order valence-corrected chi connectivity index (χ1v) is 10.5. The molecule has 1 N–H and O–H groups in total. The van der Waals surface area contributed by atoms with E-state index in [4.69, 9.17) is 9.47 Å². The normalized spacial score (nSPS) is 13.7. The molecule has 168 valence electrons. The van der Waals surface area contributed by atoms with Crippen molar-refractivity contribution in [2.75, 3.05) is 19.8 Å². The molecule has 1 aliphatic heterocycles. The van der Waals surface area contributed by atoms with Crippen LogP contribution in [0.25, 0.3) is 0 Å². The van der Waals surface area contributed by atoms with Crippen molar-refractivity contribution in [2.45, 2.75) is 26.8 Å². The van der Waals surface area contributed by atoms with E-state index in [1.54, 1.807) is 62.4 Å². The lowest BCUT2D eigenvalue weighted by molar-refractivity contribution is -0.147. The van der Waals surface area contributed by atoms with E-state index >= 15 is 0 Å². The van der Waals surface area contributed by atoms with Crippen LogP contribution in [0.4, 0.5) is 0 Å². The highest BCUT2D eigenvalue weighted by Gasteiger charge is 2.35. The minimum Gasteiger partial charge on any atom is -0.493 e. The van der Waals surface area contributed by atoms with E-state index in [0.29, 0.717) is 29.0 Å². The van der Waals surface area contributed by atoms with Crippen molar-refractivity contribution < 1.29 is 28.7 Å². The standard InChI is InChI=1S/C24H26N2O6/c1-4-31-19-12-8-7-11-18(19)21(27)25-20(15(2)3)24(30)32-14-13-26-22(28)16-9-5-6-10-17(16)23(26)29/h5-12,15,20H,4,13-14H2,1-3H3,(H,25,27)/t20-/m1/s1. The largest absolute Gasteiger partial charge is 0.493 e. The number of nitrogens with one attached hydrogen (secondary N) is 1. The van der Waals surface area contributed by atoms with E-state index in [-0.39, 0.29) is 19.1 Å². The fourth-order valence-electron chi connectivity index (χ4n) is 3.42. The molecule has 3 rings (SSSR count). The number of hydrogen-bond acceptors (Lipinski definition) is 6. The number of imide groups is 1. The fraction of sp³-hybridized carbons (Fsp3) is 0.333. The Morgan fingerprint density at radius 3 is 2.16 bits per heavy atom. The van der Waals surface area contributed by atoms with Crippen LogP contribution >= 0.6 is 0 Å². The first kappa shape index (κ1) is 23.0. The van der Waals surface area contributed by atoms with Gasteiger partial charge in [0.25, 0.3) is 17.7 Å². The van der Waals surface area contributed by atoms with Gasteiger partial charge in [-0.15, -0.1) is 0 Å². The molecule has 0 aromatic heterocycles. The molecular weight excluding hydrogens is 412 g/mol. The monoisotopic (exact) mass is 438 g/mol. The summed E-state index contributed by atoms with van der Waals surface area (Å²) in [6, 6.07) is 12.4. The van der Waals surface area contributed by atoms with Gasteiger partial charge in [-0.25, -0.2) is 4.79 Å². The summed E-state index contributed by atoms with van der Waals surface area (Å²) >= 11 is 0. The van der Waals surface area contributed by atoms with Crippen molar-refractivity contribution in [1.82, 2.24) is 10.2 Å². The van der Waals surface area contributed by atoms with Crippen molar-refractivity contribution in [3.05, 3.63) is 65.2 Å². The Labute approximate surface area is 186 Å². The summed E-state index contributed by atoms with van der Waals surface area (Å²) in [6.07, 6.45) is 0. The summed E-state index contributed by atoms with van der Waals surface area (Å²) in [5.41, 5.74) is 0.993. The van der Waals surface area contributed by atoms with Gasteiger partial charge in [-0.3, -0.25) is 19.3 Å². The summed E-state index contributed by atoms with van der Waals surface area (Å²) in [6.45, 7) is 5.55. The van der Waals surface area contributed by atoms with Crippen molar-refractivity contribution in [1.29, 1.82) is 0 Å². The minimum atomic E-state index is -0.903. The lowest BCUT2D eigenvalue weighted by atomic mass is 10.0. The zero-order valence-corrected chi connectivity index (χ0v) is 18.3. The summed E-state index contributed by atoms with van der Waals surface area (Å²) in [5, 5.41) is 2.70.